The molecule has 0 saturated heterocycles. The van der Waals surface area contributed by atoms with Crippen LogP contribution in [0.4, 0.5) is 0 Å². The number of carboxylic acids is 2. The number of fused-ring (bicyclic) bond motifs is 2. The first-order valence-electron chi connectivity index (χ1n) is 4.70. The maximum atomic E-state index is 11.0. The molecule has 4 N–H and O–H groups in total. The van der Waals surface area contributed by atoms with Crippen molar-refractivity contribution >= 4 is 11.9 Å². The molecule has 0 aromatic rings. The van der Waals surface area contributed by atoms with E-state index in [2.05, 4.69) is 0 Å². The van der Waals surface area contributed by atoms with Crippen molar-refractivity contribution in [1.29, 1.82) is 0 Å². The fourth-order valence-electron chi connectivity index (χ4n) is 3.03. The first-order valence-corrected chi connectivity index (χ1v) is 4.70. The molecule has 2 fully saturated rings. The van der Waals surface area contributed by atoms with Crippen LogP contribution in [0.1, 0.15) is 19.3 Å². The molecule has 5 nitrogen and oxygen atoms in total. The van der Waals surface area contributed by atoms with Crippen LogP contribution >= 0.6 is 0 Å². The number of hydrogen-bond donors (Lipinski definition) is 3. The summed E-state index contributed by atoms with van der Waals surface area (Å²) in [5.41, 5.74) is 4.45. The molecule has 0 aromatic carbocycles. The Balaban J connectivity index is 2.27. The van der Waals surface area contributed by atoms with Gasteiger partial charge in [-0.25, -0.2) is 0 Å². The Labute approximate surface area is 80.9 Å². The van der Waals surface area contributed by atoms with E-state index in [0.29, 0.717) is 19.3 Å². The predicted octanol–water partition coefficient (Wildman–Crippen LogP) is -0.101. The molecule has 0 aliphatic heterocycles. The average Bonchev–Trinajstić information content (AvgIpc) is 2.60. The molecule has 2 aliphatic carbocycles. The highest BCUT2D eigenvalue weighted by Gasteiger charge is 2.59. The topological polar surface area (TPSA) is 101 Å². The van der Waals surface area contributed by atoms with Gasteiger partial charge in [-0.05, 0) is 25.2 Å². The van der Waals surface area contributed by atoms with Crippen molar-refractivity contribution in [1.82, 2.24) is 0 Å². The van der Waals surface area contributed by atoms with E-state index in [1.165, 1.54) is 0 Å². The molecule has 2 unspecified atom stereocenters. The van der Waals surface area contributed by atoms with Crippen molar-refractivity contribution in [3.05, 3.63) is 0 Å². The minimum Gasteiger partial charge on any atom is -0.481 e. The van der Waals surface area contributed by atoms with Gasteiger partial charge in [-0.1, -0.05) is 0 Å². The second-order valence-corrected chi connectivity index (χ2v) is 4.44. The van der Waals surface area contributed by atoms with Crippen LogP contribution in [0.5, 0.6) is 0 Å². The summed E-state index contributed by atoms with van der Waals surface area (Å²) in [4.78, 5) is 21.8. The molecule has 78 valence electrons. The summed E-state index contributed by atoms with van der Waals surface area (Å²) >= 11 is 0. The minimum absolute atomic E-state index is 0.183. The van der Waals surface area contributed by atoms with E-state index in [4.69, 9.17) is 15.9 Å². The second kappa shape index (κ2) is 2.70. The largest absolute Gasteiger partial charge is 0.481 e. The van der Waals surface area contributed by atoms with Crippen LogP contribution in [0.3, 0.4) is 0 Å². The summed E-state index contributed by atoms with van der Waals surface area (Å²) in [6.45, 7) is 0. The lowest BCUT2D eigenvalue weighted by atomic mass is 9.75. The van der Waals surface area contributed by atoms with Gasteiger partial charge in [0.05, 0.1) is 5.92 Å². The molecule has 2 bridgehead atoms. The van der Waals surface area contributed by atoms with Crippen LogP contribution in [-0.2, 0) is 9.59 Å². The van der Waals surface area contributed by atoms with Gasteiger partial charge in [0.25, 0.3) is 0 Å². The fraction of sp³-hybridized carbons (Fsp3) is 0.778. The number of carboxylic acid groups (broad SMARTS) is 2. The van der Waals surface area contributed by atoms with Crippen LogP contribution in [-0.4, -0.2) is 27.7 Å². The third kappa shape index (κ3) is 1.05. The molecule has 0 spiro atoms. The highest BCUT2D eigenvalue weighted by atomic mass is 16.4. The summed E-state index contributed by atoms with van der Waals surface area (Å²) in [6, 6.07) is 0. The molecule has 2 aliphatic rings. The van der Waals surface area contributed by atoms with Crippen molar-refractivity contribution in [2.24, 2.45) is 23.5 Å². The molecule has 2 rings (SSSR count). The molecule has 2 saturated carbocycles. The fourth-order valence-corrected chi connectivity index (χ4v) is 3.03. The van der Waals surface area contributed by atoms with Gasteiger partial charge in [-0.15, -0.1) is 0 Å². The van der Waals surface area contributed by atoms with Gasteiger partial charge in [0.15, 0.2) is 0 Å². The van der Waals surface area contributed by atoms with Crippen LogP contribution in [0, 0.1) is 17.8 Å². The summed E-state index contributed by atoms with van der Waals surface area (Å²) in [7, 11) is 0. The highest BCUT2D eigenvalue weighted by molar-refractivity contribution is 5.82. The molecule has 0 heterocycles. The van der Waals surface area contributed by atoms with Crippen LogP contribution in [0.2, 0.25) is 0 Å². The van der Waals surface area contributed by atoms with E-state index in [1.54, 1.807) is 0 Å². The SMILES string of the molecule is N[C@@]1(C(=O)O)CC2CC1[C@@H](C(=O)O)C2. The van der Waals surface area contributed by atoms with Crippen molar-refractivity contribution < 1.29 is 19.8 Å². The molecule has 5 heteroatoms. The quantitative estimate of drug-likeness (QED) is 0.576. The Bertz CT molecular complexity index is 303. The first kappa shape index (κ1) is 9.45. The lowest BCUT2D eigenvalue weighted by Gasteiger charge is -2.32. The first-order chi connectivity index (χ1) is 6.45. The van der Waals surface area contributed by atoms with Crippen molar-refractivity contribution in [2.45, 2.75) is 24.8 Å². The third-order valence-electron chi connectivity index (χ3n) is 3.66. The van der Waals surface area contributed by atoms with Gasteiger partial charge in [0, 0.05) is 5.92 Å². The van der Waals surface area contributed by atoms with Crippen LogP contribution in [0.25, 0.3) is 0 Å². The van der Waals surface area contributed by atoms with Gasteiger partial charge in [0.2, 0.25) is 0 Å². The number of carbonyl (C=O) groups is 2. The lowest BCUT2D eigenvalue weighted by Crippen LogP contribution is -2.55. The standard InChI is InChI=1S/C9H13NO4/c10-9(8(13)14)3-4-1-5(7(11)12)6(9)2-4/h4-6H,1-3,10H2,(H,11,12)(H,13,14)/t4?,5-,6?,9-/m0/s1. The van der Waals surface area contributed by atoms with Gasteiger partial charge in [0.1, 0.15) is 5.54 Å². The molecule has 0 aromatic heterocycles. The average molecular weight is 199 g/mol. The van der Waals surface area contributed by atoms with E-state index in [0.717, 1.165) is 0 Å². The number of hydrogen-bond acceptors (Lipinski definition) is 3. The van der Waals surface area contributed by atoms with E-state index < -0.39 is 23.4 Å². The second-order valence-electron chi connectivity index (χ2n) is 4.44. The zero-order valence-corrected chi connectivity index (χ0v) is 7.64. The maximum absolute atomic E-state index is 11.0. The van der Waals surface area contributed by atoms with Crippen LogP contribution < -0.4 is 5.73 Å². The molecule has 14 heavy (non-hydrogen) atoms. The summed E-state index contributed by atoms with van der Waals surface area (Å²) in [6.07, 6.45) is 1.67. The Hall–Kier alpha value is -1.10. The molecule has 4 atom stereocenters. The summed E-state index contributed by atoms with van der Waals surface area (Å²) < 4.78 is 0. The monoisotopic (exact) mass is 199 g/mol. The smallest absolute Gasteiger partial charge is 0.324 e. The van der Waals surface area contributed by atoms with Gasteiger partial charge in [-0.2, -0.15) is 0 Å². The number of aliphatic carboxylic acids is 2. The normalized spacial score (nSPS) is 45.4. The molecule has 0 amide bonds. The molecular formula is C9H13NO4. The Morgan fingerprint density at radius 3 is 2.36 bits per heavy atom. The minimum atomic E-state index is -1.30. The van der Waals surface area contributed by atoms with E-state index in [1.807, 2.05) is 0 Å². The summed E-state index contributed by atoms with van der Waals surface area (Å²) in [5.74, 6) is -2.73. The Morgan fingerprint density at radius 2 is 1.93 bits per heavy atom. The van der Waals surface area contributed by atoms with Crippen molar-refractivity contribution in [3.8, 4) is 0 Å². The van der Waals surface area contributed by atoms with Crippen molar-refractivity contribution in [2.75, 3.05) is 0 Å². The van der Waals surface area contributed by atoms with E-state index >= 15 is 0 Å². The van der Waals surface area contributed by atoms with Crippen molar-refractivity contribution in [3.63, 3.8) is 0 Å². The van der Waals surface area contributed by atoms with E-state index in [-0.39, 0.29) is 11.8 Å². The maximum Gasteiger partial charge on any atom is 0.324 e. The lowest BCUT2D eigenvalue weighted by molar-refractivity contribution is -0.151. The van der Waals surface area contributed by atoms with Crippen LogP contribution in [0.15, 0.2) is 0 Å². The zero-order chi connectivity index (χ0) is 10.5. The molecule has 0 radical (unpaired) electrons. The zero-order valence-electron chi connectivity index (χ0n) is 7.64. The Morgan fingerprint density at radius 1 is 1.29 bits per heavy atom. The van der Waals surface area contributed by atoms with Gasteiger partial charge < -0.3 is 15.9 Å². The van der Waals surface area contributed by atoms with E-state index in [9.17, 15) is 9.59 Å². The van der Waals surface area contributed by atoms with Gasteiger partial charge >= 0.3 is 11.9 Å². The number of nitrogens with two attached hydrogens (primary N) is 1. The predicted molar refractivity (Wildman–Crippen MR) is 46.5 cm³/mol. The third-order valence-corrected chi connectivity index (χ3v) is 3.66. The Kier molecular flexibility index (Phi) is 1.82. The summed E-state index contributed by atoms with van der Waals surface area (Å²) in [5, 5.41) is 17.9. The van der Waals surface area contributed by atoms with Gasteiger partial charge in [-0.3, -0.25) is 9.59 Å². The number of rotatable bonds is 2. The highest BCUT2D eigenvalue weighted by Crippen LogP contribution is 2.53. The molecular weight excluding hydrogens is 186 g/mol.